The number of fused-ring (bicyclic) bond motifs is 1. The summed E-state index contributed by atoms with van der Waals surface area (Å²) in [6.07, 6.45) is 7.56. The Morgan fingerprint density at radius 3 is 3.00 bits per heavy atom. The molecule has 0 bridgehead atoms. The van der Waals surface area contributed by atoms with Crippen LogP contribution in [0.25, 0.3) is 5.69 Å². The van der Waals surface area contributed by atoms with E-state index in [-0.39, 0.29) is 0 Å². The monoisotopic (exact) mass is 281 g/mol. The molecule has 1 aliphatic rings. The van der Waals surface area contributed by atoms with E-state index in [4.69, 9.17) is 0 Å². The number of aryl methyl sites for hydroxylation is 4. The van der Waals surface area contributed by atoms with Gasteiger partial charge in [-0.2, -0.15) is 5.10 Å². The molecular weight excluding hydrogens is 266 g/mol. The molecule has 0 aliphatic heterocycles. The number of aromatic nitrogens is 7. The molecule has 2 aromatic heterocycles. The summed E-state index contributed by atoms with van der Waals surface area (Å²) in [4.78, 5) is 4.36. The minimum atomic E-state index is 0.691. The normalized spacial score (nSPS) is 13.5. The second-order valence-electron chi connectivity index (χ2n) is 5.22. The van der Waals surface area contributed by atoms with Crippen LogP contribution in [0.5, 0.6) is 0 Å². The quantitative estimate of drug-likeness (QED) is 0.713. The van der Waals surface area contributed by atoms with E-state index in [9.17, 15) is 0 Å². The van der Waals surface area contributed by atoms with Gasteiger partial charge in [-0.15, -0.1) is 5.10 Å². The summed E-state index contributed by atoms with van der Waals surface area (Å²) in [6, 6.07) is 6.57. The molecule has 0 atom stereocenters. The van der Waals surface area contributed by atoms with Crippen LogP contribution >= 0.6 is 0 Å². The van der Waals surface area contributed by atoms with Crippen LogP contribution in [0.1, 0.15) is 23.4 Å². The lowest BCUT2D eigenvalue weighted by Crippen LogP contribution is -2.09. The lowest BCUT2D eigenvalue weighted by atomic mass is 10.1. The van der Waals surface area contributed by atoms with Crippen molar-refractivity contribution in [1.82, 2.24) is 35.0 Å². The summed E-state index contributed by atoms with van der Waals surface area (Å²) < 4.78 is 3.60. The Balaban J connectivity index is 1.59. The van der Waals surface area contributed by atoms with Gasteiger partial charge in [0.1, 0.15) is 18.5 Å². The molecule has 1 aliphatic carbocycles. The fourth-order valence-electron chi connectivity index (χ4n) is 2.84. The van der Waals surface area contributed by atoms with E-state index < -0.39 is 0 Å². The molecule has 0 radical (unpaired) electrons. The third-order valence-corrected chi connectivity index (χ3v) is 3.90. The molecule has 7 nitrogen and oxygen atoms in total. The third-order valence-electron chi connectivity index (χ3n) is 3.90. The van der Waals surface area contributed by atoms with Crippen LogP contribution in [0.2, 0.25) is 0 Å². The number of tetrazole rings is 1. The number of rotatable bonds is 4. The molecule has 0 fully saturated rings. The Kier molecular flexibility index (Phi) is 2.95. The molecular formula is C14H15N7. The van der Waals surface area contributed by atoms with Crippen LogP contribution < -0.4 is 0 Å². The zero-order valence-electron chi connectivity index (χ0n) is 11.6. The maximum absolute atomic E-state index is 4.36. The topological polar surface area (TPSA) is 74.3 Å². The first-order chi connectivity index (χ1) is 10.4. The summed E-state index contributed by atoms with van der Waals surface area (Å²) in [5.74, 6) is 0.920. The van der Waals surface area contributed by atoms with Crippen LogP contribution in [0, 0.1) is 0 Å². The smallest absolute Gasteiger partial charge is 0.138 e. The van der Waals surface area contributed by atoms with Gasteiger partial charge in [-0.3, -0.25) is 0 Å². The average molecular weight is 281 g/mol. The minimum absolute atomic E-state index is 0.691. The van der Waals surface area contributed by atoms with Gasteiger partial charge in [0, 0.05) is 6.42 Å². The number of hydrogen-bond acceptors (Lipinski definition) is 5. The van der Waals surface area contributed by atoms with Crippen molar-refractivity contribution in [2.75, 3.05) is 0 Å². The van der Waals surface area contributed by atoms with Gasteiger partial charge in [0.15, 0.2) is 0 Å². The summed E-state index contributed by atoms with van der Waals surface area (Å²) in [6.45, 7) is 0.691. The Morgan fingerprint density at radius 2 is 2.10 bits per heavy atom. The lowest BCUT2D eigenvalue weighted by molar-refractivity contribution is 0.570. The van der Waals surface area contributed by atoms with E-state index in [1.807, 2.05) is 4.68 Å². The standard InChI is InChI=1S/C14H15N7/c1-2-11-4-5-13(8-12(11)3-1)21-14(15-9-17-21)6-7-20-10-16-18-19-20/h4-5,8-10H,1-3,6-7H2. The molecule has 106 valence electrons. The van der Waals surface area contributed by atoms with Crippen molar-refractivity contribution in [2.45, 2.75) is 32.2 Å². The SMILES string of the molecule is c1nc(CCn2cnnn2)n(-c2ccc3c(c2)CCC3)n1. The first kappa shape index (κ1) is 12.2. The van der Waals surface area contributed by atoms with Gasteiger partial charge in [-0.1, -0.05) is 6.07 Å². The molecule has 21 heavy (non-hydrogen) atoms. The van der Waals surface area contributed by atoms with Crippen LogP contribution in [0.15, 0.2) is 30.9 Å². The highest BCUT2D eigenvalue weighted by atomic mass is 15.5. The van der Waals surface area contributed by atoms with Gasteiger partial charge in [0.05, 0.1) is 12.2 Å². The van der Waals surface area contributed by atoms with Gasteiger partial charge < -0.3 is 0 Å². The molecule has 3 aromatic rings. The molecule has 0 saturated carbocycles. The molecule has 0 saturated heterocycles. The molecule has 0 N–H and O–H groups in total. The lowest BCUT2D eigenvalue weighted by Gasteiger charge is -2.08. The summed E-state index contributed by atoms with van der Waals surface area (Å²) in [5.41, 5.74) is 3.99. The zero-order valence-corrected chi connectivity index (χ0v) is 11.6. The Hall–Kier alpha value is -2.57. The third kappa shape index (κ3) is 2.31. The zero-order chi connectivity index (χ0) is 14.1. The van der Waals surface area contributed by atoms with Gasteiger partial charge in [0.25, 0.3) is 0 Å². The van der Waals surface area contributed by atoms with Gasteiger partial charge in [-0.25, -0.2) is 14.3 Å². The van der Waals surface area contributed by atoms with Gasteiger partial charge >= 0.3 is 0 Å². The second kappa shape index (κ2) is 5.08. The number of benzene rings is 1. The van der Waals surface area contributed by atoms with Crippen molar-refractivity contribution >= 4 is 0 Å². The molecule has 0 amide bonds. The molecule has 7 heteroatoms. The number of hydrogen-bond donors (Lipinski definition) is 0. The van der Waals surface area contributed by atoms with E-state index in [0.717, 1.165) is 24.4 Å². The van der Waals surface area contributed by atoms with Gasteiger partial charge in [0.2, 0.25) is 0 Å². The fourth-order valence-corrected chi connectivity index (χ4v) is 2.84. The predicted octanol–water partition coefficient (Wildman–Crippen LogP) is 0.985. The van der Waals surface area contributed by atoms with Crippen molar-refractivity contribution < 1.29 is 0 Å². The maximum atomic E-state index is 4.36. The minimum Gasteiger partial charge on any atom is -0.232 e. The Labute approximate surface area is 121 Å². The summed E-state index contributed by atoms with van der Waals surface area (Å²) in [5, 5.41) is 15.5. The molecule has 0 spiro atoms. The van der Waals surface area contributed by atoms with Crippen molar-refractivity contribution in [3.8, 4) is 5.69 Å². The maximum Gasteiger partial charge on any atom is 0.138 e. The summed E-state index contributed by atoms with van der Waals surface area (Å²) in [7, 11) is 0. The first-order valence-electron chi connectivity index (χ1n) is 7.12. The molecule has 0 unspecified atom stereocenters. The first-order valence-corrected chi connectivity index (χ1v) is 7.12. The van der Waals surface area contributed by atoms with Crippen molar-refractivity contribution in [2.24, 2.45) is 0 Å². The number of nitrogens with zero attached hydrogens (tertiary/aromatic N) is 7. The van der Waals surface area contributed by atoms with E-state index in [2.05, 4.69) is 43.8 Å². The molecule has 2 heterocycles. The van der Waals surface area contributed by atoms with Crippen molar-refractivity contribution in [3.05, 3.63) is 47.8 Å². The van der Waals surface area contributed by atoms with Crippen LogP contribution in [0.3, 0.4) is 0 Å². The van der Waals surface area contributed by atoms with Crippen molar-refractivity contribution in [3.63, 3.8) is 0 Å². The second-order valence-corrected chi connectivity index (χ2v) is 5.22. The summed E-state index contributed by atoms with van der Waals surface area (Å²) >= 11 is 0. The van der Waals surface area contributed by atoms with Crippen LogP contribution in [0.4, 0.5) is 0 Å². The molecule has 4 rings (SSSR count). The Bertz CT molecular complexity index is 745. The fraction of sp³-hybridized carbons (Fsp3) is 0.357. The van der Waals surface area contributed by atoms with Crippen LogP contribution in [-0.4, -0.2) is 35.0 Å². The van der Waals surface area contributed by atoms with E-state index in [0.29, 0.717) is 6.54 Å². The highest BCUT2D eigenvalue weighted by Crippen LogP contribution is 2.24. The van der Waals surface area contributed by atoms with Crippen LogP contribution in [-0.2, 0) is 25.8 Å². The predicted molar refractivity (Wildman–Crippen MR) is 74.9 cm³/mol. The Morgan fingerprint density at radius 1 is 1.14 bits per heavy atom. The largest absolute Gasteiger partial charge is 0.232 e. The van der Waals surface area contributed by atoms with E-state index in [1.54, 1.807) is 17.3 Å². The van der Waals surface area contributed by atoms with Crippen molar-refractivity contribution in [1.29, 1.82) is 0 Å². The highest BCUT2D eigenvalue weighted by molar-refractivity contribution is 5.42. The van der Waals surface area contributed by atoms with E-state index in [1.165, 1.54) is 24.0 Å². The van der Waals surface area contributed by atoms with Gasteiger partial charge in [-0.05, 0) is 52.9 Å². The average Bonchev–Trinajstić information content (AvgIpc) is 3.24. The van der Waals surface area contributed by atoms with E-state index >= 15 is 0 Å². The highest BCUT2D eigenvalue weighted by Gasteiger charge is 2.13. The molecule has 1 aromatic carbocycles.